The molecule has 6 amide bonds. The molecule has 0 radical (unpaired) electrons. The number of alkyl carbamates (subject to hydrolysis) is 3. The average Bonchev–Trinajstić information content (AvgIpc) is 1.68. The van der Waals surface area contributed by atoms with Crippen LogP contribution in [0.15, 0.2) is 33.0 Å². The Hall–Kier alpha value is -8.82. The van der Waals surface area contributed by atoms with Gasteiger partial charge in [0.2, 0.25) is 17.7 Å². The number of carbonyl (C=O) groups excluding carboxylic acids is 9. The molecule has 0 aromatic carbocycles. The zero-order valence-corrected chi connectivity index (χ0v) is 63.8. The largest absolute Gasteiger partial charge is 0.444 e. The lowest BCUT2D eigenvalue weighted by atomic mass is 10.1. The molecule has 3 aliphatic rings. The van der Waals surface area contributed by atoms with Crippen LogP contribution in [0.3, 0.4) is 0 Å². The minimum Gasteiger partial charge on any atom is -0.444 e. The van der Waals surface area contributed by atoms with Crippen molar-refractivity contribution in [3.8, 4) is 0 Å². The lowest BCUT2D eigenvalue weighted by Gasteiger charge is -2.23. The van der Waals surface area contributed by atoms with Crippen molar-refractivity contribution in [3.05, 3.63) is 67.5 Å². The molecule has 3 aliphatic heterocycles. The van der Waals surface area contributed by atoms with E-state index in [0.717, 1.165) is 0 Å². The number of aromatic nitrogens is 6. The highest BCUT2D eigenvalue weighted by molar-refractivity contribution is 5.97. The van der Waals surface area contributed by atoms with E-state index in [4.69, 9.17) is 28.4 Å². The molecule has 0 bridgehead atoms. The van der Waals surface area contributed by atoms with Gasteiger partial charge in [-0.25, -0.2) is 41.9 Å². The topological polar surface area (TPSA) is 568 Å². The van der Waals surface area contributed by atoms with Gasteiger partial charge in [-0.3, -0.25) is 28.1 Å². The second-order valence-corrected chi connectivity index (χ2v) is 29.5. The third kappa shape index (κ3) is 30.7. The van der Waals surface area contributed by atoms with Crippen molar-refractivity contribution in [2.45, 2.75) is 288 Å². The minimum absolute atomic E-state index is 0.0365. The fourth-order valence-corrected chi connectivity index (χ4v) is 10.9. The van der Waals surface area contributed by atoms with Gasteiger partial charge in [0.1, 0.15) is 107 Å². The van der Waals surface area contributed by atoms with Gasteiger partial charge in [-0.15, -0.1) is 0 Å². The van der Waals surface area contributed by atoms with Crippen LogP contribution < -0.4 is 49.0 Å². The standard InChI is InChI=1S/3C23H35FN4O9/c3*1-12(30)8-6-5-7-9-14(25-22(35)37-23(2,3)4)19(33)26-18-13(24)10-28(21(34)27-18)20-17(32)16(31)15(11-29)36-20/h3*10,14-17,20,29,31-32H,5-9,11H2,1-4H3,(H,25,35)(H,26,27,33,34)/t14?,15-,16?,17+,20-;14-,15+,16?,17-,20+;14-,15-,16?,17+,20-/m101/s1. The van der Waals surface area contributed by atoms with Gasteiger partial charge in [0.25, 0.3) is 0 Å². The van der Waals surface area contributed by atoms with E-state index >= 15 is 0 Å². The number of amides is 6. The summed E-state index contributed by atoms with van der Waals surface area (Å²) in [5, 5.41) is 101. The summed E-state index contributed by atoms with van der Waals surface area (Å²) >= 11 is 0. The van der Waals surface area contributed by atoms with Crippen molar-refractivity contribution in [3.63, 3.8) is 0 Å². The first-order valence-electron chi connectivity index (χ1n) is 35.8. The number of ether oxygens (including phenoxy) is 6. The molecule has 15 atom stereocenters. The highest BCUT2D eigenvalue weighted by atomic mass is 19.1. The summed E-state index contributed by atoms with van der Waals surface area (Å²) < 4.78 is 77.4. The Morgan fingerprint density at radius 2 is 0.631 bits per heavy atom. The number of halogens is 3. The third-order valence-electron chi connectivity index (χ3n) is 16.4. The number of nitrogens with one attached hydrogen (secondary N) is 6. The predicted molar refractivity (Wildman–Crippen MR) is 381 cm³/mol. The van der Waals surface area contributed by atoms with E-state index in [1.165, 1.54) is 20.8 Å². The summed E-state index contributed by atoms with van der Waals surface area (Å²) in [6.07, 6.45) is -11.7. The van der Waals surface area contributed by atoms with Crippen LogP contribution >= 0.6 is 0 Å². The van der Waals surface area contributed by atoms with Crippen molar-refractivity contribution in [2.75, 3.05) is 35.8 Å². The van der Waals surface area contributed by atoms with Crippen LogP contribution in [0, 0.1) is 17.5 Å². The highest BCUT2D eigenvalue weighted by Crippen LogP contribution is 2.32. The molecule has 624 valence electrons. The molecular weight excluding hydrogens is 1490 g/mol. The fourth-order valence-electron chi connectivity index (χ4n) is 10.9. The molecular formula is C69H105F3N12O27. The van der Waals surface area contributed by atoms with Crippen LogP contribution in [-0.4, -0.2) is 238 Å². The van der Waals surface area contributed by atoms with E-state index in [1.54, 1.807) is 62.3 Å². The summed E-state index contributed by atoms with van der Waals surface area (Å²) in [5.74, 6) is -8.05. The predicted octanol–water partition coefficient (Wildman–Crippen LogP) is 1.10. The lowest BCUT2D eigenvalue weighted by Crippen LogP contribution is -2.46. The van der Waals surface area contributed by atoms with Crippen LogP contribution in [0.5, 0.6) is 0 Å². The SMILES string of the molecule is CC(=O)CCCCCC(NC(=O)OC(C)(C)C)C(=O)Nc1nc(=O)n([C@@H]2O[C@H](CO)C(O)[C@@H]2O)cc1F.CC(=O)CCCCC[C@@H](NC(=O)OC(C)(C)C)C(=O)Nc1nc(=O)n([C@@H]2O[C@H](CO)C(O)[C@@H]2O)cc1F.CC(=O)CCCCC[C@H](NC(=O)OC(C)(C)C)C(=O)Nc1nc(=O)n([C@@H]2O[C@H](CO)C(O)[C@@H]2O)cc1F. The average molecular weight is 1590 g/mol. The number of anilines is 3. The van der Waals surface area contributed by atoms with Gasteiger partial charge in [-0.05, 0) is 122 Å². The summed E-state index contributed by atoms with van der Waals surface area (Å²) in [5.41, 5.74) is -5.81. The van der Waals surface area contributed by atoms with Crippen molar-refractivity contribution >= 4 is 70.8 Å². The van der Waals surface area contributed by atoms with Crippen LogP contribution in [-0.2, 0) is 57.2 Å². The summed E-state index contributed by atoms with van der Waals surface area (Å²) in [6.45, 7) is 17.3. The van der Waals surface area contributed by atoms with Gasteiger partial charge in [0.15, 0.2) is 53.6 Å². The van der Waals surface area contributed by atoms with Crippen molar-refractivity contribution in [2.24, 2.45) is 0 Å². The van der Waals surface area contributed by atoms with Crippen molar-refractivity contribution in [1.82, 2.24) is 44.6 Å². The minimum atomic E-state index is -1.64. The Morgan fingerprint density at radius 3 is 0.820 bits per heavy atom. The smallest absolute Gasteiger partial charge is 0.408 e. The number of Topliss-reactive ketones (excluding diaryl/α,β-unsaturated/α-hetero) is 3. The Kier molecular flexibility index (Phi) is 36.9. The molecule has 0 aliphatic carbocycles. The second-order valence-electron chi connectivity index (χ2n) is 29.5. The van der Waals surface area contributed by atoms with E-state index in [9.17, 15) is 117 Å². The molecule has 6 rings (SSSR count). The number of rotatable bonds is 33. The monoisotopic (exact) mass is 1590 g/mol. The van der Waals surface area contributed by atoms with Crippen LogP contribution in [0.4, 0.5) is 45.0 Å². The molecule has 39 nitrogen and oxygen atoms in total. The number of hydrogen-bond acceptors (Lipinski definition) is 30. The molecule has 6 heterocycles. The van der Waals surface area contributed by atoms with E-state index in [1.807, 2.05) is 0 Å². The van der Waals surface area contributed by atoms with Gasteiger partial charge in [0, 0.05) is 19.3 Å². The number of hydrogen-bond donors (Lipinski definition) is 15. The Morgan fingerprint density at radius 1 is 0.405 bits per heavy atom. The number of unbranched alkanes of at least 4 members (excludes halogenated alkanes) is 6. The second kappa shape index (κ2) is 43.3. The zero-order valence-electron chi connectivity index (χ0n) is 63.8. The first-order chi connectivity index (χ1) is 51.7. The maximum Gasteiger partial charge on any atom is 0.408 e. The van der Waals surface area contributed by atoms with Gasteiger partial charge >= 0.3 is 35.3 Å². The van der Waals surface area contributed by atoms with E-state index in [2.05, 4.69) is 46.9 Å². The van der Waals surface area contributed by atoms with E-state index < -0.39 is 216 Å². The van der Waals surface area contributed by atoms with Crippen LogP contribution in [0.25, 0.3) is 0 Å². The Labute approximate surface area is 635 Å². The molecule has 3 fully saturated rings. The summed E-state index contributed by atoms with van der Waals surface area (Å²) in [4.78, 5) is 157. The quantitative estimate of drug-likeness (QED) is 0.0300. The number of aliphatic hydroxyl groups excluding tert-OH is 9. The molecule has 4 unspecified atom stereocenters. The molecule has 111 heavy (non-hydrogen) atoms. The Balaban J connectivity index is 0.000000351. The maximum absolute atomic E-state index is 14.8. The first-order valence-corrected chi connectivity index (χ1v) is 35.8. The Bertz CT molecular complexity index is 3460. The lowest BCUT2D eigenvalue weighted by molar-refractivity contribution is -0.119. The molecule has 3 aromatic rings. The van der Waals surface area contributed by atoms with Crippen molar-refractivity contribution < 1.29 is 131 Å². The molecule has 42 heteroatoms. The van der Waals surface area contributed by atoms with Crippen LogP contribution in [0.2, 0.25) is 0 Å². The molecule has 0 saturated carbocycles. The molecule has 3 aromatic heterocycles. The first kappa shape index (κ1) is 94.6. The van der Waals surface area contributed by atoms with Crippen LogP contribution in [0.1, 0.15) is 198 Å². The van der Waals surface area contributed by atoms with Gasteiger partial charge in [0.05, 0.1) is 38.4 Å². The van der Waals surface area contributed by atoms with Crippen molar-refractivity contribution in [1.29, 1.82) is 0 Å². The van der Waals surface area contributed by atoms with Gasteiger partial charge < -0.3 is 121 Å². The van der Waals surface area contributed by atoms with Gasteiger partial charge in [-0.1, -0.05) is 38.5 Å². The fraction of sp³-hybridized carbons (Fsp3) is 0.696. The normalized spacial score (nSPS) is 22.4. The number of ketones is 3. The number of carbonyl (C=O) groups is 9. The highest BCUT2D eigenvalue weighted by Gasteiger charge is 2.47. The number of nitrogens with zero attached hydrogens (tertiary/aromatic N) is 6. The molecule has 3 saturated heterocycles. The van der Waals surface area contributed by atoms with Gasteiger partial charge in [-0.2, -0.15) is 15.0 Å². The summed E-state index contributed by atoms with van der Waals surface area (Å²) in [6, 6.07) is -3.47. The third-order valence-corrected chi connectivity index (χ3v) is 16.4. The zero-order chi connectivity index (χ0) is 83.7. The van der Waals surface area contributed by atoms with E-state index in [-0.39, 0.29) is 36.6 Å². The number of aliphatic hydroxyl groups is 9. The molecule has 15 N–H and O–H groups in total. The maximum atomic E-state index is 14.8. The van der Waals surface area contributed by atoms with E-state index in [0.29, 0.717) is 109 Å². The summed E-state index contributed by atoms with van der Waals surface area (Å²) in [7, 11) is 0. The molecule has 0 spiro atoms.